The Morgan fingerprint density at radius 3 is 2.81 bits per heavy atom. The summed E-state index contributed by atoms with van der Waals surface area (Å²) in [6.07, 6.45) is 2.13. The highest BCUT2D eigenvalue weighted by Crippen LogP contribution is 2.20. The number of thioether (sulfide) groups is 1. The van der Waals surface area contributed by atoms with Crippen LogP contribution in [-0.2, 0) is 13.1 Å². The lowest BCUT2D eigenvalue weighted by Crippen LogP contribution is -2.28. The standard InChI is InChI=1S/C11H20BrN3S/c1-5-15-10(11(12)9(3)14-15)6-13-8(2)7-16-4/h8,13H,5-7H2,1-4H3. The van der Waals surface area contributed by atoms with E-state index in [0.717, 1.165) is 29.0 Å². The van der Waals surface area contributed by atoms with E-state index in [0.29, 0.717) is 6.04 Å². The van der Waals surface area contributed by atoms with Gasteiger partial charge in [-0.15, -0.1) is 0 Å². The summed E-state index contributed by atoms with van der Waals surface area (Å²) in [6, 6.07) is 0.530. The van der Waals surface area contributed by atoms with E-state index in [4.69, 9.17) is 0 Å². The van der Waals surface area contributed by atoms with Crippen LogP contribution in [0.5, 0.6) is 0 Å². The van der Waals surface area contributed by atoms with E-state index in [1.54, 1.807) is 0 Å². The zero-order valence-electron chi connectivity index (χ0n) is 10.4. The van der Waals surface area contributed by atoms with Crippen LogP contribution in [0, 0.1) is 6.92 Å². The van der Waals surface area contributed by atoms with Crippen LogP contribution >= 0.6 is 27.7 Å². The Kier molecular flexibility index (Phi) is 5.86. The van der Waals surface area contributed by atoms with Gasteiger partial charge in [0.05, 0.1) is 15.9 Å². The molecule has 0 fully saturated rings. The quantitative estimate of drug-likeness (QED) is 0.876. The molecule has 1 aromatic heterocycles. The maximum Gasteiger partial charge on any atom is 0.0739 e. The van der Waals surface area contributed by atoms with E-state index >= 15 is 0 Å². The van der Waals surface area contributed by atoms with Crippen LogP contribution in [0.2, 0.25) is 0 Å². The molecule has 0 spiro atoms. The number of nitrogens with zero attached hydrogens (tertiary/aromatic N) is 2. The number of rotatable bonds is 6. The average molecular weight is 306 g/mol. The van der Waals surface area contributed by atoms with Crippen LogP contribution in [0.3, 0.4) is 0 Å². The number of halogens is 1. The summed E-state index contributed by atoms with van der Waals surface area (Å²) in [5.74, 6) is 1.14. The van der Waals surface area contributed by atoms with Crippen molar-refractivity contribution >= 4 is 27.7 Å². The van der Waals surface area contributed by atoms with Crippen LogP contribution in [0.4, 0.5) is 0 Å². The highest BCUT2D eigenvalue weighted by atomic mass is 79.9. The summed E-state index contributed by atoms with van der Waals surface area (Å²) in [4.78, 5) is 0. The molecule has 5 heteroatoms. The molecule has 1 atom stereocenters. The molecule has 1 unspecified atom stereocenters. The van der Waals surface area contributed by atoms with Crippen LogP contribution in [0.15, 0.2) is 4.47 Å². The van der Waals surface area contributed by atoms with E-state index in [1.807, 2.05) is 18.7 Å². The minimum absolute atomic E-state index is 0.530. The summed E-state index contributed by atoms with van der Waals surface area (Å²) in [5.41, 5.74) is 2.31. The maximum atomic E-state index is 4.48. The third-order valence-corrected chi connectivity index (χ3v) is 4.35. The van der Waals surface area contributed by atoms with Gasteiger partial charge in [-0.25, -0.2) is 0 Å². The Balaban J connectivity index is 2.65. The molecule has 1 N–H and O–H groups in total. The second-order valence-electron chi connectivity index (χ2n) is 3.90. The fraction of sp³-hybridized carbons (Fsp3) is 0.727. The minimum Gasteiger partial charge on any atom is -0.308 e. The Morgan fingerprint density at radius 2 is 2.25 bits per heavy atom. The summed E-state index contributed by atoms with van der Waals surface area (Å²) in [5, 5.41) is 7.99. The van der Waals surface area contributed by atoms with Crippen molar-refractivity contribution in [2.24, 2.45) is 0 Å². The topological polar surface area (TPSA) is 29.9 Å². The molecule has 0 saturated heterocycles. The van der Waals surface area contributed by atoms with Crippen molar-refractivity contribution in [1.29, 1.82) is 0 Å². The molecule has 0 radical (unpaired) electrons. The molecule has 16 heavy (non-hydrogen) atoms. The van der Waals surface area contributed by atoms with Crippen molar-refractivity contribution in [3.8, 4) is 0 Å². The molecule has 3 nitrogen and oxygen atoms in total. The van der Waals surface area contributed by atoms with Crippen molar-refractivity contribution in [3.63, 3.8) is 0 Å². The van der Waals surface area contributed by atoms with Gasteiger partial charge in [0.25, 0.3) is 0 Å². The summed E-state index contributed by atoms with van der Waals surface area (Å²) >= 11 is 5.47. The molecule has 1 rings (SSSR count). The monoisotopic (exact) mass is 305 g/mol. The van der Waals surface area contributed by atoms with E-state index in [1.165, 1.54) is 5.69 Å². The van der Waals surface area contributed by atoms with Crippen molar-refractivity contribution in [3.05, 3.63) is 15.9 Å². The van der Waals surface area contributed by atoms with Crippen LogP contribution < -0.4 is 5.32 Å². The number of hydrogen-bond donors (Lipinski definition) is 1. The fourth-order valence-corrected chi connectivity index (χ4v) is 2.66. The van der Waals surface area contributed by atoms with Gasteiger partial charge in [0, 0.05) is 24.9 Å². The Morgan fingerprint density at radius 1 is 1.56 bits per heavy atom. The molecule has 92 valence electrons. The molecule has 0 aliphatic heterocycles. The molecular weight excluding hydrogens is 286 g/mol. The Labute approximate surface area is 110 Å². The van der Waals surface area contributed by atoms with Gasteiger partial charge in [-0.3, -0.25) is 4.68 Å². The van der Waals surface area contributed by atoms with E-state index in [2.05, 4.69) is 51.1 Å². The first-order chi connectivity index (χ1) is 7.60. The smallest absolute Gasteiger partial charge is 0.0739 e. The van der Waals surface area contributed by atoms with Crippen LogP contribution in [0.25, 0.3) is 0 Å². The van der Waals surface area contributed by atoms with Gasteiger partial charge < -0.3 is 5.32 Å². The summed E-state index contributed by atoms with van der Waals surface area (Å²) in [6.45, 7) is 8.15. The highest BCUT2D eigenvalue weighted by Gasteiger charge is 2.12. The largest absolute Gasteiger partial charge is 0.308 e. The van der Waals surface area contributed by atoms with Gasteiger partial charge in [0.15, 0.2) is 0 Å². The SMILES string of the molecule is CCn1nc(C)c(Br)c1CNC(C)CSC. The van der Waals surface area contributed by atoms with Gasteiger partial charge in [0.1, 0.15) is 0 Å². The van der Waals surface area contributed by atoms with Gasteiger partial charge in [-0.2, -0.15) is 16.9 Å². The molecule has 0 aliphatic carbocycles. The zero-order valence-corrected chi connectivity index (χ0v) is 12.8. The molecule has 0 aliphatic rings. The van der Waals surface area contributed by atoms with Crippen molar-refractivity contribution in [1.82, 2.24) is 15.1 Å². The summed E-state index contributed by atoms with van der Waals surface area (Å²) in [7, 11) is 0. The second-order valence-corrected chi connectivity index (χ2v) is 5.60. The lowest BCUT2D eigenvalue weighted by molar-refractivity contribution is 0.542. The predicted molar refractivity (Wildman–Crippen MR) is 75.0 cm³/mol. The first kappa shape index (κ1) is 14.1. The molecule has 0 bridgehead atoms. The number of aromatic nitrogens is 2. The van der Waals surface area contributed by atoms with E-state index < -0.39 is 0 Å². The zero-order chi connectivity index (χ0) is 12.1. The first-order valence-corrected chi connectivity index (χ1v) is 7.72. The number of aryl methyl sites for hydroxylation is 2. The first-order valence-electron chi connectivity index (χ1n) is 5.54. The van der Waals surface area contributed by atoms with Gasteiger partial charge >= 0.3 is 0 Å². The Hall–Kier alpha value is -0.0000000000000000555. The summed E-state index contributed by atoms with van der Waals surface area (Å²) < 4.78 is 3.19. The molecule has 1 aromatic rings. The van der Waals surface area contributed by atoms with Gasteiger partial charge in [-0.1, -0.05) is 0 Å². The van der Waals surface area contributed by atoms with E-state index in [9.17, 15) is 0 Å². The molecule has 0 amide bonds. The lowest BCUT2D eigenvalue weighted by Gasteiger charge is -2.13. The normalized spacial score (nSPS) is 13.1. The third kappa shape index (κ3) is 3.50. The number of nitrogens with one attached hydrogen (secondary N) is 1. The predicted octanol–water partition coefficient (Wildman–Crippen LogP) is 2.82. The molecule has 0 aromatic carbocycles. The number of hydrogen-bond acceptors (Lipinski definition) is 3. The Bertz CT molecular complexity index is 338. The van der Waals surface area contributed by atoms with Crippen molar-refractivity contribution in [2.45, 2.75) is 39.9 Å². The van der Waals surface area contributed by atoms with Crippen LogP contribution in [-0.4, -0.2) is 27.8 Å². The maximum absolute atomic E-state index is 4.48. The van der Waals surface area contributed by atoms with Crippen LogP contribution in [0.1, 0.15) is 25.2 Å². The minimum atomic E-state index is 0.530. The highest BCUT2D eigenvalue weighted by molar-refractivity contribution is 9.10. The average Bonchev–Trinajstić information content (AvgIpc) is 2.53. The molecule has 1 heterocycles. The third-order valence-electron chi connectivity index (χ3n) is 2.49. The van der Waals surface area contributed by atoms with Gasteiger partial charge in [0.2, 0.25) is 0 Å². The van der Waals surface area contributed by atoms with E-state index in [-0.39, 0.29) is 0 Å². The van der Waals surface area contributed by atoms with Crippen molar-refractivity contribution < 1.29 is 0 Å². The molecule has 0 saturated carbocycles. The fourth-order valence-electron chi connectivity index (χ4n) is 1.62. The lowest BCUT2D eigenvalue weighted by atomic mass is 10.3. The van der Waals surface area contributed by atoms with Crippen molar-refractivity contribution in [2.75, 3.05) is 12.0 Å². The second kappa shape index (κ2) is 6.67. The van der Waals surface area contributed by atoms with Gasteiger partial charge in [-0.05, 0) is 43.0 Å². The molecular formula is C11H20BrN3S.